The summed E-state index contributed by atoms with van der Waals surface area (Å²) in [7, 11) is 0.0461. The van der Waals surface area contributed by atoms with Crippen LogP contribution in [0, 0.1) is 22.2 Å². The molecule has 4 heterocycles. The topological polar surface area (TPSA) is 110 Å². The van der Waals surface area contributed by atoms with Crippen LogP contribution in [0.1, 0.15) is 80.6 Å². The second-order valence-electron chi connectivity index (χ2n) is 16.9. The average molecular weight is 717 g/mol. The molecule has 0 spiro atoms. The summed E-state index contributed by atoms with van der Waals surface area (Å²) < 4.78 is 41.8. The second kappa shape index (κ2) is 12.6. The van der Waals surface area contributed by atoms with Gasteiger partial charge in [-0.25, -0.2) is 13.1 Å². The highest BCUT2D eigenvalue weighted by molar-refractivity contribution is 7.90. The van der Waals surface area contributed by atoms with E-state index < -0.39 is 21.3 Å². The van der Waals surface area contributed by atoms with E-state index in [9.17, 15) is 18.0 Å². The fourth-order valence-electron chi connectivity index (χ4n) is 10.2. The molecule has 11 heteroatoms. The number of hydrogen-bond donors (Lipinski definition) is 1. The Morgan fingerprint density at radius 2 is 1.63 bits per heavy atom. The van der Waals surface area contributed by atoms with Gasteiger partial charge in [-0.15, -0.1) is 0 Å². The van der Waals surface area contributed by atoms with Crippen LogP contribution in [0.2, 0.25) is 0 Å². The number of hydrogen-bond acceptors (Lipinski definition) is 7. The third-order valence-corrected chi connectivity index (χ3v) is 14.2. The van der Waals surface area contributed by atoms with Crippen molar-refractivity contribution in [2.45, 2.75) is 71.3 Å². The van der Waals surface area contributed by atoms with Crippen LogP contribution in [0.3, 0.4) is 0 Å². The van der Waals surface area contributed by atoms with Crippen molar-refractivity contribution in [1.82, 2.24) is 19.1 Å². The number of rotatable bonds is 10. The summed E-state index contributed by atoms with van der Waals surface area (Å²) >= 11 is 0. The molecule has 3 aromatic rings. The van der Waals surface area contributed by atoms with Crippen LogP contribution in [-0.2, 0) is 26.1 Å². The number of methoxy groups -OCH3 is 1. The molecule has 10 nitrogen and oxygen atoms in total. The lowest BCUT2D eigenvalue weighted by Gasteiger charge is -2.29. The van der Waals surface area contributed by atoms with Gasteiger partial charge in [0.2, 0.25) is 15.9 Å². The van der Waals surface area contributed by atoms with Crippen LogP contribution in [-0.4, -0.2) is 93.9 Å². The Morgan fingerprint density at radius 1 is 0.961 bits per heavy atom. The van der Waals surface area contributed by atoms with E-state index in [0.29, 0.717) is 31.2 Å². The van der Waals surface area contributed by atoms with E-state index in [1.165, 1.54) is 12.0 Å². The van der Waals surface area contributed by atoms with Crippen molar-refractivity contribution in [3.63, 3.8) is 0 Å². The van der Waals surface area contributed by atoms with Gasteiger partial charge in [0.05, 0.1) is 37.2 Å². The van der Waals surface area contributed by atoms with Gasteiger partial charge in [0.1, 0.15) is 5.75 Å². The van der Waals surface area contributed by atoms with E-state index >= 15 is 0 Å². The molecule has 1 N–H and O–H groups in total. The second-order valence-corrected chi connectivity index (χ2v) is 18.7. The summed E-state index contributed by atoms with van der Waals surface area (Å²) in [5.41, 5.74) is 4.02. The van der Waals surface area contributed by atoms with Crippen LogP contribution in [0.15, 0.2) is 42.5 Å². The summed E-state index contributed by atoms with van der Waals surface area (Å²) in [6, 6.07) is 13.8. The van der Waals surface area contributed by atoms with E-state index in [0.717, 1.165) is 92.6 Å². The third kappa shape index (κ3) is 5.97. The summed E-state index contributed by atoms with van der Waals surface area (Å²) in [6.45, 7) is 8.93. The lowest BCUT2D eigenvalue weighted by Crippen LogP contribution is -2.42. The predicted molar refractivity (Wildman–Crippen MR) is 197 cm³/mol. The van der Waals surface area contributed by atoms with Crippen LogP contribution in [0.4, 0.5) is 0 Å². The number of amides is 2. The maximum absolute atomic E-state index is 14.8. The van der Waals surface area contributed by atoms with Gasteiger partial charge in [0.25, 0.3) is 5.91 Å². The van der Waals surface area contributed by atoms with Crippen molar-refractivity contribution >= 4 is 32.7 Å². The molecule has 5 fully saturated rings. The predicted octanol–water partition coefficient (Wildman–Crippen LogP) is 5.65. The van der Waals surface area contributed by atoms with Gasteiger partial charge in [-0.05, 0) is 92.1 Å². The van der Waals surface area contributed by atoms with Crippen molar-refractivity contribution in [1.29, 1.82) is 0 Å². The molecule has 2 unspecified atom stereocenters. The highest BCUT2D eigenvalue weighted by Gasteiger charge is 2.68. The summed E-state index contributed by atoms with van der Waals surface area (Å²) in [5, 5.41) is 1.07. The molecule has 2 aliphatic carbocycles. The van der Waals surface area contributed by atoms with Crippen LogP contribution in [0.25, 0.3) is 22.2 Å². The number of carbonyl (C=O) groups excluding carboxylic acids is 2. The van der Waals surface area contributed by atoms with E-state index in [1.54, 1.807) is 13.2 Å². The minimum atomic E-state index is -3.80. The Hall–Kier alpha value is -3.41. The van der Waals surface area contributed by atoms with E-state index in [2.05, 4.69) is 38.3 Å². The zero-order chi connectivity index (χ0) is 35.8. The standard InChI is InChI=1S/C40H52N4O6S/c1-27(2)19-51(47,48)41-36(45)30-12-15-32-33(18-30)44(35(29-10-13-31(49-4)14-11-29)34(32)28-8-6-5-7-9-28)20-38(16-17-38)37(46)43-23-39-21-42(3)22-40(39,24-43)26-50-25-39/h10-15,18,27-28H,5-9,16-17,19-26H2,1-4H3,(H,41,45). The van der Waals surface area contributed by atoms with E-state index in [1.807, 2.05) is 38.1 Å². The SMILES string of the molecule is COc1ccc(-c2c(C3CCCCC3)c3ccc(C(=O)NS(=O)(=O)CC(C)C)cc3n2CC2(C(=O)N3CC45COCC4(CN(C)C5)C3)CC2)cc1. The molecule has 3 aliphatic heterocycles. The molecule has 1 aromatic heterocycles. The number of carbonyl (C=O) groups is 2. The first-order valence-electron chi connectivity index (χ1n) is 18.8. The molecule has 2 amide bonds. The highest BCUT2D eigenvalue weighted by Crippen LogP contribution is 2.58. The summed E-state index contributed by atoms with van der Waals surface area (Å²) in [6.07, 6.45) is 7.33. The van der Waals surface area contributed by atoms with Crippen LogP contribution >= 0.6 is 0 Å². The molecule has 0 bridgehead atoms. The monoisotopic (exact) mass is 716 g/mol. The molecule has 274 valence electrons. The lowest BCUT2D eigenvalue weighted by molar-refractivity contribution is -0.137. The molecule has 0 radical (unpaired) electrons. The van der Waals surface area contributed by atoms with Gasteiger partial charge in [-0.3, -0.25) is 9.59 Å². The largest absolute Gasteiger partial charge is 0.497 e. The zero-order valence-corrected chi connectivity index (χ0v) is 31.3. The van der Waals surface area contributed by atoms with Crippen LogP contribution in [0.5, 0.6) is 5.75 Å². The van der Waals surface area contributed by atoms with Gasteiger partial charge in [-0.1, -0.05) is 39.2 Å². The quantitative estimate of drug-likeness (QED) is 0.289. The Labute approximate surface area is 301 Å². The normalized spacial score (nSPS) is 26.1. The number of benzene rings is 2. The minimum absolute atomic E-state index is 0.00574. The van der Waals surface area contributed by atoms with E-state index in [-0.39, 0.29) is 28.4 Å². The molecule has 2 aromatic carbocycles. The number of likely N-dealkylation sites (tertiary alicyclic amines) is 2. The minimum Gasteiger partial charge on any atom is -0.497 e. The molecule has 5 aliphatic rings. The Balaban J connectivity index is 1.23. The summed E-state index contributed by atoms with van der Waals surface area (Å²) in [5.74, 6) is 0.467. The zero-order valence-electron chi connectivity index (χ0n) is 30.5. The van der Waals surface area contributed by atoms with Crippen molar-refractivity contribution < 1.29 is 27.5 Å². The maximum atomic E-state index is 14.8. The lowest BCUT2D eigenvalue weighted by atomic mass is 9.71. The summed E-state index contributed by atoms with van der Waals surface area (Å²) in [4.78, 5) is 32.9. The van der Waals surface area contributed by atoms with Gasteiger partial charge >= 0.3 is 0 Å². The van der Waals surface area contributed by atoms with Gasteiger partial charge in [-0.2, -0.15) is 0 Å². The van der Waals surface area contributed by atoms with Crippen molar-refractivity contribution in [3.8, 4) is 17.0 Å². The van der Waals surface area contributed by atoms with Gasteiger partial charge in [0.15, 0.2) is 0 Å². The number of ether oxygens (including phenoxy) is 2. The smallest absolute Gasteiger partial charge is 0.264 e. The number of sulfonamides is 1. The van der Waals surface area contributed by atoms with Crippen molar-refractivity contribution in [2.24, 2.45) is 22.2 Å². The van der Waals surface area contributed by atoms with E-state index in [4.69, 9.17) is 9.47 Å². The first-order valence-corrected chi connectivity index (χ1v) is 20.4. The molecule has 51 heavy (non-hydrogen) atoms. The number of nitrogens with one attached hydrogen (secondary N) is 1. The first-order chi connectivity index (χ1) is 24.4. The fourth-order valence-corrected chi connectivity index (χ4v) is 11.5. The van der Waals surface area contributed by atoms with Crippen molar-refractivity contribution in [2.75, 3.05) is 59.3 Å². The number of fused-ring (bicyclic) bond motifs is 1. The molecule has 2 atom stereocenters. The number of nitrogens with zero attached hydrogens (tertiary/aromatic N) is 3. The first kappa shape index (κ1) is 34.7. The van der Waals surface area contributed by atoms with Crippen LogP contribution < -0.4 is 9.46 Å². The Morgan fingerprint density at radius 3 is 2.24 bits per heavy atom. The highest BCUT2D eigenvalue weighted by atomic mass is 32.2. The molecule has 2 saturated carbocycles. The molecular formula is C40H52N4O6S. The average Bonchev–Trinajstić information content (AvgIpc) is 3.45. The van der Waals surface area contributed by atoms with Gasteiger partial charge < -0.3 is 23.8 Å². The Bertz CT molecular complexity index is 1940. The number of aromatic nitrogens is 1. The molecule has 8 rings (SSSR count). The van der Waals surface area contributed by atoms with Crippen molar-refractivity contribution in [3.05, 3.63) is 53.6 Å². The van der Waals surface area contributed by atoms with Gasteiger partial charge in [0, 0.05) is 60.0 Å². The third-order valence-electron chi connectivity index (χ3n) is 12.6. The molecular weight excluding hydrogens is 665 g/mol. The maximum Gasteiger partial charge on any atom is 0.264 e. The Kier molecular flexibility index (Phi) is 8.58. The fraction of sp³-hybridized carbons (Fsp3) is 0.600. The molecule has 3 saturated heterocycles.